The van der Waals surface area contributed by atoms with Crippen LogP contribution in [0.3, 0.4) is 0 Å². The first kappa shape index (κ1) is 22.8. The SMILES string of the molecule is CCCCN1CCCCC1CNC(=O)c1cc(S(=O)(=O)NC2CC2)c(Cl)cc1Cl. The van der Waals surface area contributed by atoms with E-state index in [9.17, 15) is 13.2 Å². The second-order valence-corrected chi connectivity index (χ2v) is 10.4. The van der Waals surface area contributed by atoms with Crippen LogP contribution in [0.2, 0.25) is 10.0 Å². The van der Waals surface area contributed by atoms with E-state index in [1.807, 2.05) is 0 Å². The highest BCUT2D eigenvalue weighted by Crippen LogP contribution is 2.30. The third-order valence-electron chi connectivity index (χ3n) is 5.50. The highest BCUT2D eigenvalue weighted by Gasteiger charge is 2.30. The molecular weight excluding hydrogens is 433 g/mol. The van der Waals surface area contributed by atoms with Crippen LogP contribution in [0.5, 0.6) is 0 Å². The van der Waals surface area contributed by atoms with Crippen LogP contribution in [0, 0.1) is 0 Å². The van der Waals surface area contributed by atoms with E-state index >= 15 is 0 Å². The number of halogens is 2. The fraction of sp³-hybridized carbons (Fsp3) is 0.650. The van der Waals surface area contributed by atoms with Gasteiger partial charge < -0.3 is 5.32 Å². The summed E-state index contributed by atoms with van der Waals surface area (Å²) in [6.07, 6.45) is 7.29. The molecule has 1 amide bonds. The summed E-state index contributed by atoms with van der Waals surface area (Å²) in [6.45, 7) is 4.78. The van der Waals surface area contributed by atoms with E-state index in [0.29, 0.717) is 12.6 Å². The molecule has 1 aromatic carbocycles. The molecule has 0 aromatic heterocycles. The smallest absolute Gasteiger partial charge is 0.252 e. The highest BCUT2D eigenvalue weighted by molar-refractivity contribution is 7.89. The lowest BCUT2D eigenvalue weighted by Crippen LogP contribution is -2.47. The molecule has 1 aliphatic heterocycles. The molecule has 1 aromatic rings. The summed E-state index contributed by atoms with van der Waals surface area (Å²) in [5, 5.41) is 3.10. The average molecular weight is 462 g/mol. The first-order valence-electron chi connectivity index (χ1n) is 10.4. The molecule has 1 saturated heterocycles. The van der Waals surface area contributed by atoms with Crippen LogP contribution < -0.4 is 10.0 Å². The zero-order valence-corrected chi connectivity index (χ0v) is 19.0. The van der Waals surface area contributed by atoms with E-state index in [2.05, 4.69) is 21.9 Å². The Morgan fingerprint density at radius 2 is 1.93 bits per heavy atom. The van der Waals surface area contributed by atoms with Crippen molar-refractivity contribution in [3.63, 3.8) is 0 Å². The molecule has 162 valence electrons. The molecule has 1 unspecified atom stereocenters. The third-order valence-corrected chi connectivity index (χ3v) is 7.80. The number of hydrogen-bond donors (Lipinski definition) is 2. The highest BCUT2D eigenvalue weighted by atomic mass is 35.5. The number of hydrogen-bond acceptors (Lipinski definition) is 4. The van der Waals surface area contributed by atoms with Crippen molar-refractivity contribution < 1.29 is 13.2 Å². The van der Waals surface area contributed by atoms with Gasteiger partial charge in [0.05, 0.1) is 15.6 Å². The number of rotatable bonds is 9. The molecule has 2 N–H and O–H groups in total. The van der Waals surface area contributed by atoms with Gasteiger partial charge in [-0.15, -0.1) is 0 Å². The lowest BCUT2D eigenvalue weighted by molar-refractivity contribution is 0.0912. The molecule has 9 heteroatoms. The third kappa shape index (κ3) is 6.07. The zero-order valence-electron chi connectivity index (χ0n) is 16.7. The number of likely N-dealkylation sites (tertiary alicyclic amines) is 1. The van der Waals surface area contributed by atoms with E-state index in [1.54, 1.807) is 0 Å². The Hall–Kier alpha value is -0.860. The Bertz CT molecular complexity index is 844. The maximum absolute atomic E-state index is 12.8. The van der Waals surface area contributed by atoms with Gasteiger partial charge in [0.25, 0.3) is 5.91 Å². The molecule has 1 atom stereocenters. The zero-order chi connectivity index (χ0) is 21.0. The van der Waals surface area contributed by atoms with E-state index in [1.165, 1.54) is 18.6 Å². The first-order valence-corrected chi connectivity index (χ1v) is 12.6. The van der Waals surface area contributed by atoms with Crippen LogP contribution in [0.4, 0.5) is 0 Å². The number of carbonyl (C=O) groups is 1. The van der Waals surface area contributed by atoms with Gasteiger partial charge >= 0.3 is 0 Å². The van der Waals surface area contributed by atoms with Gasteiger partial charge in [0.15, 0.2) is 0 Å². The Morgan fingerprint density at radius 3 is 2.62 bits per heavy atom. The van der Waals surface area contributed by atoms with Crippen molar-refractivity contribution in [3.05, 3.63) is 27.7 Å². The maximum Gasteiger partial charge on any atom is 0.252 e. The number of amides is 1. The van der Waals surface area contributed by atoms with Gasteiger partial charge in [-0.25, -0.2) is 13.1 Å². The van der Waals surface area contributed by atoms with Crippen molar-refractivity contribution in [2.45, 2.75) is 68.8 Å². The fourth-order valence-electron chi connectivity index (χ4n) is 3.65. The standard InChI is InChI=1S/C20H29Cl2N3O3S/c1-2-3-9-25-10-5-4-6-15(25)13-23-20(26)16-11-19(18(22)12-17(16)21)29(27,28)24-14-7-8-14/h11-12,14-15,24H,2-10,13H2,1H3,(H,23,26). The Morgan fingerprint density at radius 1 is 1.17 bits per heavy atom. The average Bonchev–Trinajstić information content (AvgIpc) is 3.48. The number of unbranched alkanes of at least 4 members (excludes halogenated alkanes) is 1. The minimum absolute atomic E-state index is 0.0118. The second-order valence-electron chi connectivity index (χ2n) is 7.91. The van der Waals surface area contributed by atoms with Crippen molar-refractivity contribution >= 4 is 39.1 Å². The lowest BCUT2D eigenvalue weighted by atomic mass is 10.0. The molecule has 0 radical (unpaired) electrons. The summed E-state index contributed by atoms with van der Waals surface area (Å²) in [5.41, 5.74) is 0.128. The van der Waals surface area contributed by atoms with Gasteiger partial charge in [0.1, 0.15) is 4.90 Å². The van der Waals surface area contributed by atoms with Crippen LogP contribution >= 0.6 is 23.2 Å². The normalized spacial score (nSPS) is 20.6. The van der Waals surface area contributed by atoms with Gasteiger partial charge in [-0.1, -0.05) is 43.0 Å². The molecule has 29 heavy (non-hydrogen) atoms. The van der Waals surface area contributed by atoms with Crippen molar-refractivity contribution in [3.8, 4) is 0 Å². The van der Waals surface area contributed by atoms with Crippen LogP contribution in [0.25, 0.3) is 0 Å². The van der Waals surface area contributed by atoms with Crippen molar-refractivity contribution in [1.29, 1.82) is 0 Å². The number of benzene rings is 1. The molecule has 6 nitrogen and oxygen atoms in total. The molecule has 1 heterocycles. The van der Waals surface area contributed by atoms with Crippen LogP contribution in [-0.2, 0) is 10.0 Å². The van der Waals surface area contributed by atoms with Crippen molar-refractivity contribution in [2.75, 3.05) is 19.6 Å². The van der Waals surface area contributed by atoms with E-state index in [-0.39, 0.29) is 32.5 Å². The Kier molecular flexibility index (Phi) is 7.84. The number of piperidine rings is 1. The lowest BCUT2D eigenvalue weighted by Gasteiger charge is -2.35. The number of nitrogens with one attached hydrogen (secondary N) is 2. The Labute approximate surface area is 183 Å². The Balaban J connectivity index is 1.70. The molecule has 0 bridgehead atoms. The minimum Gasteiger partial charge on any atom is -0.350 e. The van der Waals surface area contributed by atoms with Gasteiger partial charge in [-0.3, -0.25) is 9.69 Å². The van der Waals surface area contributed by atoms with Gasteiger partial charge in [0, 0.05) is 18.6 Å². The largest absolute Gasteiger partial charge is 0.350 e. The van der Waals surface area contributed by atoms with Crippen molar-refractivity contribution in [1.82, 2.24) is 14.9 Å². The summed E-state index contributed by atoms with van der Waals surface area (Å²) < 4.78 is 27.7. The molecule has 2 aliphatic rings. The van der Waals surface area contributed by atoms with E-state index < -0.39 is 10.0 Å². The summed E-state index contributed by atoms with van der Waals surface area (Å²) in [7, 11) is -3.78. The number of nitrogens with zero attached hydrogens (tertiary/aromatic N) is 1. The molecule has 2 fully saturated rings. The summed E-state index contributed by atoms with van der Waals surface area (Å²) in [4.78, 5) is 15.1. The molecule has 3 rings (SSSR count). The number of sulfonamides is 1. The summed E-state index contributed by atoms with van der Waals surface area (Å²) >= 11 is 12.3. The van der Waals surface area contributed by atoms with Gasteiger partial charge in [0.2, 0.25) is 10.0 Å². The predicted octanol–water partition coefficient (Wildman–Crippen LogP) is 3.82. The van der Waals surface area contributed by atoms with Gasteiger partial charge in [-0.2, -0.15) is 0 Å². The quantitative estimate of drug-likeness (QED) is 0.585. The van der Waals surface area contributed by atoms with Crippen LogP contribution in [-0.4, -0.2) is 50.9 Å². The molecule has 0 spiro atoms. The van der Waals surface area contributed by atoms with Crippen molar-refractivity contribution in [2.24, 2.45) is 0 Å². The monoisotopic (exact) mass is 461 g/mol. The molecular formula is C20H29Cl2N3O3S. The first-order chi connectivity index (χ1) is 13.8. The number of carbonyl (C=O) groups excluding carboxylic acids is 1. The minimum atomic E-state index is -3.78. The van der Waals surface area contributed by atoms with Crippen LogP contribution in [0.1, 0.15) is 62.2 Å². The fourth-order valence-corrected chi connectivity index (χ4v) is 5.81. The topological polar surface area (TPSA) is 78.5 Å². The van der Waals surface area contributed by atoms with Crippen LogP contribution in [0.15, 0.2) is 17.0 Å². The van der Waals surface area contributed by atoms with E-state index in [0.717, 1.165) is 51.6 Å². The second kappa shape index (κ2) is 9.96. The van der Waals surface area contributed by atoms with E-state index in [4.69, 9.17) is 23.2 Å². The summed E-state index contributed by atoms with van der Waals surface area (Å²) in [6, 6.07) is 2.85. The van der Waals surface area contributed by atoms with Gasteiger partial charge in [-0.05, 0) is 57.3 Å². The maximum atomic E-state index is 12.8. The predicted molar refractivity (Wildman–Crippen MR) is 116 cm³/mol. The molecule has 1 aliphatic carbocycles. The summed E-state index contributed by atoms with van der Waals surface area (Å²) in [5.74, 6) is -0.379. The molecule has 1 saturated carbocycles.